The van der Waals surface area contributed by atoms with Crippen LogP contribution in [-0.4, -0.2) is 28.5 Å². The predicted molar refractivity (Wildman–Crippen MR) is 74.3 cm³/mol. The van der Waals surface area contributed by atoms with Crippen molar-refractivity contribution in [2.75, 3.05) is 12.8 Å². The topological polar surface area (TPSA) is 51.3 Å². The number of nitrogen functional groups attached to an aromatic ring is 1. The van der Waals surface area contributed by atoms with Gasteiger partial charge in [0, 0.05) is 24.7 Å². The molecule has 1 aromatic carbocycles. The second-order valence-corrected chi connectivity index (χ2v) is 4.83. The zero-order valence-corrected chi connectivity index (χ0v) is 11.1. The van der Waals surface area contributed by atoms with Crippen LogP contribution in [0.4, 0.5) is 5.69 Å². The lowest BCUT2D eigenvalue weighted by Crippen LogP contribution is -2.35. The molecule has 0 aliphatic rings. The highest BCUT2D eigenvalue weighted by Gasteiger charge is 2.14. The maximum Gasteiger partial charge on any atom is 0.242 e. The first-order chi connectivity index (χ1) is 8.50. The van der Waals surface area contributed by atoms with E-state index in [4.69, 9.17) is 5.73 Å². The Morgan fingerprint density at radius 3 is 2.78 bits per heavy atom. The van der Waals surface area contributed by atoms with Crippen molar-refractivity contribution in [1.29, 1.82) is 0 Å². The minimum Gasteiger partial charge on any atom is -0.397 e. The second-order valence-electron chi connectivity index (χ2n) is 4.83. The molecule has 2 aromatic rings. The number of amides is 1. The molecule has 0 fully saturated rings. The van der Waals surface area contributed by atoms with Crippen molar-refractivity contribution in [2.24, 2.45) is 0 Å². The Bertz CT molecular complexity index is 571. The zero-order chi connectivity index (χ0) is 13.3. The van der Waals surface area contributed by atoms with E-state index in [2.05, 4.69) is 0 Å². The first-order valence-electron chi connectivity index (χ1n) is 6.09. The van der Waals surface area contributed by atoms with Gasteiger partial charge in [-0.15, -0.1) is 0 Å². The van der Waals surface area contributed by atoms with Gasteiger partial charge in [-0.2, -0.15) is 0 Å². The van der Waals surface area contributed by atoms with Crippen LogP contribution < -0.4 is 5.73 Å². The number of likely N-dealkylation sites (N-methyl/N-ethyl adjacent to an activating group) is 1. The van der Waals surface area contributed by atoms with Crippen LogP contribution in [0.25, 0.3) is 10.9 Å². The number of nitrogens with two attached hydrogens (primary N) is 1. The molecule has 4 nitrogen and oxygen atoms in total. The number of hydrogen-bond donors (Lipinski definition) is 1. The fraction of sp³-hybridized carbons (Fsp3) is 0.357. The van der Waals surface area contributed by atoms with Crippen LogP contribution in [-0.2, 0) is 11.3 Å². The smallest absolute Gasteiger partial charge is 0.242 e. The van der Waals surface area contributed by atoms with Gasteiger partial charge in [-0.3, -0.25) is 4.79 Å². The van der Waals surface area contributed by atoms with E-state index in [1.54, 1.807) is 4.90 Å². The normalized spacial score (nSPS) is 11.1. The molecule has 0 aliphatic heterocycles. The molecular formula is C14H19N3O. The number of anilines is 1. The fourth-order valence-electron chi connectivity index (χ4n) is 1.97. The summed E-state index contributed by atoms with van der Waals surface area (Å²) in [6, 6.07) is 7.96. The molecule has 0 radical (unpaired) electrons. The van der Waals surface area contributed by atoms with Crippen LogP contribution in [0, 0.1) is 0 Å². The maximum absolute atomic E-state index is 12.1. The fourth-order valence-corrected chi connectivity index (χ4v) is 1.97. The van der Waals surface area contributed by atoms with Gasteiger partial charge in [-0.05, 0) is 26.0 Å². The van der Waals surface area contributed by atoms with Gasteiger partial charge in [0.15, 0.2) is 0 Å². The molecular weight excluding hydrogens is 226 g/mol. The minimum absolute atomic E-state index is 0.0887. The summed E-state index contributed by atoms with van der Waals surface area (Å²) in [5, 5.41) is 1.06. The average Bonchev–Trinajstić information content (AvgIpc) is 2.72. The lowest BCUT2D eigenvalue weighted by atomic mass is 10.2. The Hall–Kier alpha value is -1.97. The largest absolute Gasteiger partial charge is 0.397 e. The van der Waals surface area contributed by atoms with Crippen molar-refractivity contribution in [3.63, 3.8) is 0 Å². The van der Waals surface area contributed by atoms with E-state index < -0.39 is 0 Å². The molecule has 1 amide bonds. The van der Waals surface area contributed by atoms with E-state index in [0.29, 0.717) is 12.2 Å². The van der Waals surface area contributed by atoms with Crippen molar-refractivity contribution in [1.82, 2.24) is 9.47 Å². The Kier molecular flexibility index (Phi) is 3.28. The molecule has 0 unspecified atom stereocenters. The predicted octanol–water partition coefficient (Wildman–Crippen LogP) is 2.09. The maximum atomic E-state index is 12.1. The van der Waals surface area contributed by atoms with Gasteiger partial charge >= 0.3 is 0 Å². The zero-order valence-electron chi connectivity index (χ0n) is 11.1. The van der Waals surface area contributed by atoms with Crippen molar-refractivity contribution in [3.8, 4) is 0 Å². The number of carbonyl (C=O) groups excluding carboxylic acids is 1. The summed E-state index contributed by atoms with van der Waals surface area (Å²) in [5.74, 6) is 0.0887. The number of carbonyl (C=O) groups is 1. The summed E-state index contributed by atoms with van der Waals surface area (Å²) >= 11 is 0. The number of para-hydroxylation sites is 1. The number of nitrogens with zero attached hydrogens (tertiary/aromatic N) is 2. The highest BCUT2D eigenvalue weighted by molar-refractivity contribution is 5.91. The Morgan fingerprint density at radius 1 is 1.39 bits per heavy atom. The van der Waals surface area contributed by atoms with E-state index in [1.165, 1.54) is 0 Å². The SMILES string of the molecule is CC(C)N(C)C(=O)Cn1ccc2cccc(N)c21. The number of fused-ring (bicyclic) bond motifs is 1. The van der Waals surface area contributed by atoms with E-state index >= 15 is 0 Å². The lowest BCUT2D eigenvalue weighted by molar-refractivity contribution is -0.131. The molecule has 0 saturated heterocycles. The Morgan fingerprint density at radius 2 is 2.11 bits per heavy atom. The second kappa shape index (κ2) is 4.72. The molecule has 96 valence electrons. The van der Waals surface area contributed by atoms with Crippen LogP contribution in [0.15, 0.2) is 30.5 Å². The van der Waals surface area contributed by atoms with E-state index in [9.17, 15) is 4.79 Å². The summed E-state index contributed by atoms with van der Waals surface area (Å²) in [4.78, 5) is 13.8. The number of benzene rings is 1. The van der Waals surface area contributed by atoms with Crippen molar-refractivity contribution < 1.29 is 4.79 Å². The van der Waals surface area contributed by atoms with Gasteiger partial charge in [0.1, 0.15) is 6.54 Å². The summed E-state index contributed by atoms with van der Waals surface area (Å²) in [6.45, 7) is 4.33. The summed E-state index contributed by atoms with van der Waals surface area (Å²) in [7, 11) is 1.82. The van der Waals surface area contributed by atoms with Gasteiger partial charge in [0.05, 0.1) is 11.2 Å². The van der Waals surface area contributed by atoms with Gasteiger partial charge in [0.2, 0.25) is 5.91 Å². The van der Waals surface area contributed by atoms with Gasteiger partial charge in [-0.1, -0.05) is 12.1 Å². The van der Waals surface area contributed by atoms with Crippen LogP contribution in [0.2, 0.25) is 0 Å². The molecule has 18 heavy (non-hydrogen) atoms. The highest BCUT2D eigenvalue weighted by Crippen LogP contribution is 2.22. The molecule has 2 rings (SSSR count). The van der Waals surface area contributed by atoms with Crippen molar-refractivity contribution in [2.45, 2.75) is 26.4 Å². The van der Waals surface area contributed by atoms with E-state index in [-0.39, 0.29) is 11.9 Å². The van der Waals surface area contributed by atoms with Gasteiger partial charge in [0.25, 0.3) is 0 Å². The van der Waals surface area contributed by atoms with Gasteiger partial charge in [-0.25, -0.2) is 0 Å². The molecule has 0 spiro atoms. The number of aromatic nitrogens is 1. The van der Waals surface area contributed by atoms with Gasteiger partial charge < -0.3 is 15.2 Å². The Balaban J connectivity index is 2.30. The third kappa shape index (κ3) is 2.18. The van der Waals surface area contributed by atoms with Crippen LogP contribution >= 0.6 is 0 Å². The highest BCUT2D eigenvalue weighted by atomic mass is 16.2. The third-order valence-electron chi connectivity index (χ3n) is 3.29. The number of hydrogen-bond acceptors (Lipinski definition) is 2. The van der Waals surface area contributed by atoms with Crippen molar-refractivity contribution >= 4 is 22.5 Å². The first kappa shape index (κ1) is 12.5. The first-order valence-corrected chi connectivity index (χ1v) is 6.09. The summed E-state index contributed by atoms with van der Waals surface area (Å²) in [5.41, 5.74) is 7.61. The standard InChI is InChI=1S/C14H19N3O/c1-10(2)16(3)13(18)9-17-8-7-11-5-4-6-12(15)14(11)17/h4-8,10H,9,15H2,1-3H3. The summed E-state index contributed by atoms with van der Waals surface area (Å²) < 4.78 is 1.91. The number of rotatable bonds is 3. The molecule has 0 atom stereocenters. The molecule has 0 bridgehead atoms. The molecule has 4 heteroatoms. The molecule has 1 heterocycles. The average molecular weight is 245 g/mol. The molecule has 2 N–H and O–H groups in total. The molecule has 0 aliphatic carbocycles. The minimum atomic E-state index is 0.0887. The monoisotopic (exact) mass is 245 g/mol. The Labute approximate surface area is 107 Å². The van der Waals surface area contributed by atoms with E-state index in [0.717, 1.165) is 10.9 Å². The summed E-state index contributed by atoms with van der Waals surface area (Å²) in [6.07, 6.45) is 1.91. The van der Waals surface area contributed by atoms with Crippen LogP contribution in [0.1, 0.15) is 13.8 Å². The van der Waals surface area contributed by atoms with Crippen LogP contribution in [0.5, 0.6) is 0 Å². The van der Waals surface area contributed by atoms with E-state index in [1.807, 2.05) is 55.9 Å². The van der Waals surface area contributed by atoms with Crippen LogP contribution in [0.3, 0.4) is 0 Å². The lowest BCUT2D eigenvalue weighted by Gasteiger charge is -2.22. The van der Waals surface area contributed by atoms with Crippen molar-refractivity contribution in [3.05, 3.63) is 30.5 Å². The quantitative estimate of drug-likeness (QED) is 0.842. The molecule has 1 aromatic heterocycles. The third-order valence-corrected chi connectivity index (χ3v) is 3.29. The molecule has 0 saturated carbocycles.